The minimum atomic E-state index is -0.206. The molecule has 0 N–H and O–H groups in total. The van der Waals surface area contributed by atoms with Gasteiger partial charge in [0.2, 0.25) is 0 Å². The van der Waals surface area contributed by atoms with Crippen LogP contribution in [0.15, 0.2) is 300 Å². The van der Waals surface area contributed by atoms with Crippen LogP contribution in [-0.4, -0.2) is 11.3 Å². The van der Waals surface area contributed by atoms with Crippen LogP contribution in [-0.2, 0) is 0 Å². The Kier molecular flexibility index (Phi) is 10.1. The molecule has 6 heteroatoms. The van der Waals surface area contributed by atoms with E-state index in [4.69, 9.17) is 8.83 Å². The number of anilines is 6. The van der Waals surface area contributed by atoms with Crippen LogP contribution in [0.3, 0.4) is 0 Å². The lowest BCUT2D eigenvalue weighted by Gasteiger charge is -2.45. The van der Waals surface area contributed by atoms with Crippen molar-refractivity contribution < 1.29 is 8.83 Å². The number of nitrogens with zero attached hydrogens (tertiary/aromatic N) is 3. The summed E-state index contributed by atoms with van der Waals surface area (Å²) in [4.78, 5) is 5.16. The zero-order valence-corrected chi connectivity index (χ0v) is 45.4. The number of aromatic nitrogens is 1. The molecule has 0 saturated heterocycles. The van der Waals surface area contributed by atoms with Gasteiger partial charge in [0.05, 0.1) is 27.8 Å². The number of rotatable bonds is 7. The van der Waals surface area contributed by atoms with Gasteiger partial charge in [0, 0.05) is 66.5 Å². The van der Waals surface area contributed by atoms with E-state index in [-0.39, 0.29) is 6.71 Å². The SMILES string of the molecule is c1ccc(-c2cc3c4c(c2)N(c2ccccc2-c2ccccc2)c2cc(-n5c6ccccc6c6ccc7oc8ccccc8c7c65)ccc2B4c2cc(-c4cccc5oc6ccccc6c45)ccc2N3c2ccccc2-c2ccccc2)cc1. The fourth-order valence-corrected chi connectivity index (χ4v) is 14.2. The van der Waals surface area contributed by atoms with E-state index in [9.17, 15) is 0 Å². The second-order valence-corrected chi connectivity index (χ2v) is 22.2. The Labute approximate surface area is 484 Å². The highest BCUT2D eigenvalue weighted by Crippen LogP contribution is 2.51. The Morgan fingerprint density at radius 1 is 0.274 bits per heavy atom. The summed E-state index contributed by atoms with van der Waals surface area (Å²) in [5.41, 5.74) is 26.3. The van der Waals surface area contributed by atoms with Crippen molar-refractivity contribution in [3.05, 3.63) is 291 Å². The van der Waals surface area contributed by atoms with Crippen molar-refractivity contribution in [1.82, 2.24) is 4.57 Å². The first-order valence-electron chi connectivity index (χ1n) is 28.8. The number of hydrogen-bond donors (Lipinski definition) is 0. The van der Waals surface area contributed by atoms with E-state index >= 15 is 0 Å². The van der Waals surface area contributed by atoms with Crippen LogP contribution in [0.1, 0.15) is 0 Å². The monoisotopic (exact) mass is 1070 g/mol. The van der Waals surface area contributed by atoms with Crippen molar-refractivity contribution in [2.24, 2.45) is 0 Å². The van der Waals surface area contributed by atoms with Gasteiger partial charge in [-0.2, -0.15) is 0 Å². The molecule has 0 bridgehead atoms. The Balaban J connectivity index is 0.985. The lowest BCUT2D eigenvalue weighted by molar-refractivity contribution is 0.668. The van der Waals surface area contributed by atoms with Crippen molar-refractivity contribution >= 4 is 123 Å². The predicted octanol–water partition coefficient (Wildman–Crippen LogP) is 19.3. The average molecular weight is 1070 g/mol. The number of hydrogen-bond acceptors (Lipinski definition) is 4. The maximum atomic E-state index is 6.66. The van der Waals surface area contributed by atoms with E-state index in [1.54, 1.807) is 0 Å². The van der Waals surface area contributed by atoms with Crippen molar-refractivity contribution in [1.29, 1.82) is 0 Å². The molecule has 13 aromatic carbocycles. The Bertz CT molecular complexity index is 5350. The lowest BCUT2D eigenvalue weighted by atomic mass is 9.33. The van der Waals surface area contributed by atoms with Gasteiger partial charge in [-0.3, -0.25) is 0 Å². The van der Waals surface area contributed by atoms with Gasteiger partial charge in [-0.15, -0.1) is 0 Å². The fraction of sp³-hybridized carbons (Fsp3) is 0. The first kappa shape index (κ1) is 46.7. The molecule has 0 atom stereocenters. The average Bonchev–Trinajstić information content (AvgIpc) is 1.39. The first-order valence-corrected chi connectivity index (χ1v) is 28.8. The maximum absolute atomic E-state index is 6.66. The third-order valence-corrected chi connectivity index (χ3v) is 17.8. The van der Waals surface area contributed by atoms with E-state index in [2.05, 4.69) is 306 Å². The number of benzene rings is 13. The van der Waals surface area contributed by atoms with E-state index in [0.29, 0.717) is 0 Å². The smallest absolute Gasteiger partial charge is 0.252 e. The van der Waals surface area contributed by atoms with Crippen LogP contribution >= 0.6 is 0 Å². The lowest BCUT2D eigenvalue weighted by Crippen LogP contribution is -2.61. The van der Waals surface area contributed by atoms with Gasteiger partial charge in [-0.1, -0.05) is 212 Å². The van der Waals surface area contributed by atoms with Crippen molar-refractivity contribution in [2.75, 3.05) is 9.80 Å². The number of fused-ring (bicyclic) bond motifs is 14. The number of para-hydroxylation sites is 5. The van der Waals surface area contributed by atoms with Crippen molar-refractivity contribution in [3.8, 4) is 50.2 Å². The second-order valence-electron chi connectivity index (χ2n) is 22.2. The van der Waals surface area contributed by atoms with E-state index in [0.717, 1.165) is 139 Å². The summed E-state index contributed by atoms with van der Waals surface area (Å²) in [5.74, 6) is 0. The molecule has 0 spiro atoms. The molecule has 5 heterocycles. The van der Waals surface area contributed by atoms with Crippen LogP contribution in [0.25, 0.3) is 116 Å². The van der Waals surface area contributed by atoms with Crippen LogP contribution in [0.4, 0.5) is 34.1 Å². The molecule has 0 aliphatic carbocycles. The second kappa shape index (κ2) is 18.2. The maximum Gasteiger partial charge on any atom is 0.252 e. The molecule has 0 saturated carbocycles. The van der Waals surface area contributed by atoms with E-state index < -0.39 is 0 Å². The Hall–Kier alpha value is -11.1. The molecule has 84 heavy (non-hydrogen) atoms. The Morgan fingerprint density at radius 3 is 1.49 bits per heavy atom. The van der Waals surface area contributed by atoms with Crippen LogP contribution in [0.2, 0.25) is 0 Å². The molecular weight excluding hydrogens is 1020 g/mol. The first-order chi connectivity index (χ1) is 41.7. The Morgan fingerprint density at radius 2 is 0.810 bits per heavy atom. The number of furan rings is 2. The summed E-state index contributed by atoms with van der Waals surface area (Å²) in [6.07, 6.45) is 0. The summed E-state index contributed by atoms with van der Waals surface area (Å²) in [5, 5.41) is 6.80. The van der Waals surface area contributed by atoms with E-state index in [1.807, 2.05) is 0 Å². The van der Waals surface area contributed by atoms with Gasteiger partial charge in [-0.25, -0.2) is 0 Å². The van der Waals surface area contributed by atoms with Gasteiger partial charge in [-0.05, 0) is 129 Å². The summed E-state index contributed by atoms with van der Waals surface area (Å²) < 4.78 is 15.7. The quantitative estimate of drug-likeness (QED) is 0.149. The largest absolute Gasteiger partial charge is 0.456 e. The third kappa shape index (κ3) is 6.85. The van der Waals surface area contributed by atoms with Crippen molar-refractivity contribution in [3.63, 3.8) is 0 Å². The van der Waals surface area contributed by atoms with Gasteiger partial charge in [0.1, 0.15) is 22.3 Å². The van der Waals surface area contributed by atoms with E-state index in [1.165, 1.54) is 27.2 Å². The van der Waals surface area contributed by atoms with Crippen LogP contribution in [0, 0.1) is 0 Å². The van der Waals surface area contributed by atoms with Crippen molar-refractivity contribution in [2.45, 2.75) is 0 Å². The summed E-state index contributed by atoms with van der Waals surface area (Å²) in [7, 11) is 0. The molecule has 16 aromatic rings. The molecule has 5 nitrogen and oxygen atoms in total. The minimum absolute atomic E-state index is 0.206. The zero-order chi connectivity index (χ0) is 55.0. The highest BCUT2D eigenvalue weighted by Gasteiger charge is 2.45. The molecule has 0 fully saturated rings. The third-order valence-electron chi connectivity index (χ3n) is 17.8. The highest BCUT2D eigenvalue weighted by molar-refractivity contribution is 7.00. The minimum Gasteiger partial charge on any atom is -0.456 e. The molecule has 0 amide bonds. The summed E-state index contributed by atoms with van der Waals surface area (Å²) >= 11 is 0. The van der Waals surface area contributed by atoms with Crippen LogP contribution < -0.4 is 26.2 Å². The molecule has 3 aromatic heterocycles. The highest BCUT2D eigenvalue weighted by atomic mass is 16.3. The van der Waals surface area contributed by atoms with Gasteiger partial charge in [0.25, 0.3) is 6.71 Å². The standard InChI is InChI=1S/C78H48BN3O2/c1-4-21-49(22-5-1)53-46-69-77-70(47-53)82(65-34-16-11-28-56(65)51-25-8-3-9-26-51)68-48-54(80-66-35-17-12-29-58(66)59-41-44-74-76(78(59)80)61-31-14-19-37-72(61)84-74)40-42-62(68)79(77)63-45-52(57-32-20-38-73-75(57)60-30-13-18-36-71(60)83-73)39-43-67(63)81(69)64-33-15-10-27-55(64)50-23-6-2-7-24-50/h1-48H. The van der Waals surface area contributed by atoms with Gasteiger partial charge < -0.3 is 23.2 Å². The normalized spacial score (nSPS) is 12.7. The molecule has 18 rings (SSSR count). The molecule has 2 aliphatic heterocycles. The topological polar surface area (TPSA) is 37.7 Å². The zero-order valence-electron chi connectivity index (χ0n) is 45.4. The summed E-state index contributed by atoms with van der Waals surface area (Å²) in [6.45, 7) is -0.206. The predicted molar refractivity (Wildman–Crippen MR) is 351 cm³/mol. The molecule has 0 unspecified atom stereocenters. The molecule has 0 radical (unpaired) electrons. The van der Waals surface area contributed by atoms with Crippen LogP contribution in [0.5, 0.6) is 0 Å². The molecular formula is C78H48BN3O2. The molecule has 390 valence electrons. The fourth-order valence-electron chi connectivity index (χ4n) is 14.2. The summed E-state index contributed by atoms with van der Waals surface area (Å²) in [6, 6.07) is 107. The van der Waals surface area contributed by atoms with Gasteiger partial charge in [0.15, 0.2) is 0 Å². The molecule has 2 aliphatic rings. The van der Waals surface area contributed by atoms with Gasteiger partial charge >= 0.3 is 0 Å².